The predicted octanol–water partition coefficient (Wildman–Crippen LogP) is 1.31. The second-order valence-corrected chi connectivity index (χ2v) is 9.26. The zero-order chi connectivity index (χ0) is 19.3. The van der Waals surface area contributed by atoms with Gasteiger partial charge in [-0.2, -0.15) is 4.31 Å². The Morgan fingerprint density at radius 2 is 2.04 bits per heavy atom. The SMILES string of the molecule is CC(C)C(N)CCN(C)C(=O)C1CCN(S(=O)(=O)c2cccnc2)CC1. The first kappa shape index (κ1) is 20.8. The van der Waals surface area contributed by atoms with Crippen LogP contribution in [0.2, 0.25) is 0 Å². The monoisotopic (exact) mass is 382 g/mol. The standard InChI is InChI=1S/C18H30N4O3S/c1-14(2)17(19)8-10-21(3)18(23)15-6-11-22(12-7-15)26(24,25)16-5-4-9-20-13-16/h4-5,9,13-15,17H,6-8,10-12,19H2,1-3H3. The second-order valence-electron chi connectivity index (χ2n) is 7.32. The summed E-state index contributed by atoms with van der Waals surface area (Å²) in [6, 6.07) is 3.24. The summed E-state index contributed by atoms with van der Waals surface area (Å²) in [4.78, 5) is 18.4. The molecule has 0 aromatic carbocycles. The maximum atomic E-state index is 12.6. The first-order valence-corrected chi connectivity index (χ1v) is 10.6. The van der Waals surface area contributed by atoms with E-state index >= 15 is 0 Å². The highest BCUT2D eigenvalue weighted by molar-refractivity contribution is 7.89. The van der Waals surface area contributed by atoms with Crippen molar-refractivity contribution < 1.29 is 13.2 Å². The number of amides is 1. The van der Waals surface area contributed by atoms with Crippen LogP contribution < -0.4 is 5.73 Å². The highest BCUT2D eigenvalue weighted by Gasteiger charge is 2.33. The minimum atomic E-state index is -3.53. The second kappa shape index (κ2) is 8.92. The van der Waals surface area contributed by atoms with Gasteiger partial charge in [-0.25, -0.2) is 8.42 Å². The summed E-state index contributed by atoms with van der Waals surface area (Å²) in [6.45, 7) is 5.49. The molecule has 0 radical (unpaired) electrons. The summed E-state index contributed by atoms with van der Waals surface area (Å²) < 4.78 is 26.7. The molecule has 7 nitrogen and oxygen atoms in total. The molecule has 1 saturated heterocycles. The summed E-state index contributed by atoms with van der Waals surface area (Å²) >= 11 is 0. The summed E-state index contributed by atoms with van der Waals surface area (Å²) in [6.07, 6.45) is 4.76. The Kier molecular flexibility index (Phi) is 7.14. The lowest BCUT2D eigenvalue weighted by Gasteiger charge is -2.32. The van der Waals surface area contributed by atoms with E-state index in [4.69, 9.17) is 5.73 Å². The molecule has 1 aliphatic rings. The molecule has 0 aliphatic carbocycles. The number of pyridine rings is 1. The minimum absolute atomic E-state index is 0.0803. The number of nitrogens with zero attached hydrogens (tertiary/aromatic N) is 3. The largest absolute Gasteiger partial charge is 0.345 e. The number of rotatable bonds is 7. The molecule has 8 heteroatoms. The number of hydrogen-bond donors (Lipinski definition) is 1. The molecule has 1 aromatic rings. The third-order valence-corrected chi connectivity index (χ3v) is 6.99. The van der Waals surface area contributed by atoms with Crippen molar-refractivity contribution in [3.8, 4) is 0 Å². The van der Waals surface area contributed by atoms with Gasteiger partial charge in [0.25, 0.3) is 0 Å². The van der Waals surface area contributed by atoms with Gasteiger partial charge in [0.1, 0.15) is 4.90 Å². The van der Waals surface area contributed by atoms with Crippen molar-refractivity contribution in [2.45, 2.75) is 44.0 Å². The molecule has 1 fully saturated rings. The molecule has 1 unspecified atom stereocenters. The van der Waals surface area contributed by atoms with Gasteiger partial charge in [-0.1, -0.05) is 13.8 Å². The molecule has 0 spiro atoms. The fourth-order valence-corrected chi connectivity index (χ4v) is 4.52. The zero-order valence-corrected chi connectivity index (χ0v) is 16.7. The predicted molar refractivity (Wildman–Crippen MR) is 101 cm³/mol. The van der Waals surface area contributed by atoms with Gasteiger partial charge in [0.05, 0.1) is 0 Å². The van der Waals surface area contributed by atoms with E-state index in [1.807, 2.05) is 0 Å². The van der Waals surface area contributed by atoms with Gasteiger partial charge >= 0.3 is 0 Å². The maximum Gasteiger partial charge on any atom is 0.244 e. The Morgan fingerprint density at radius 1 is 1.38 bits per heavy atom. The number of nitrogens with two attached hydrogens (primary N) is 1. The van der Waals surface area contributed by atoms with Crippen molar-refractivity contribution in [3.63, 3.8) is 0 Å². The molecular weight excluding hydrogens is 352 g/mol. The van der Waals surface area contributed by atoms with Gasteiger partial charge in [0.2, 0.25) is 15.9 Å². The van der Waals surface area contributed by atoms with E-state index < -0.39 is 10.0 Å². The average molecular weight is 383 g/mol. The Bertz CT molecular complexity index is 686. The van der Waals surface area contributed by atoms with Gasteiger partial charge in [-0.15, -0.1) is 0 Å². The van der Waals surface area contributed by atoms with Crippen LogP contribution in [-0.2, 0) is 14.8 Å². The van der Waals surface area contributed by atoms with Crippen LogP contribution >= 0.6 is 0 Å². The molecule has 1 atom stereocenters. The summed E-state index contributed by atoms with van der Waals surface area (Å²) in [5.41, 5.74) is 6.05. The minimum Gasteiger partial charge on any atom is -0.345 e. The molecule has 0 bridgehead atoms. The Hall–Kier alpha value is -1.51. The van der Waals surface area contributed by atoms with E-state index in [0.717, 1.165) is 6.42 Å². The van der Waals surface area contributed by atoms with Crippen LogP contribution in [0.3, 0.4) is 0 Å². The lowest BCUT2D eigenvalue weighted by atomic mass is 9.96. The topological polar surface area (TPSA) is 96.6 Å². The lowest BCUT2D eigenvalue weighted by Crippen LogP contribution is -2.44. The Morgan fingerprint density at radius 3 is 2.58 bits per heavy atom. The first-order valence-electron chi connectivity index (χ1n) is 9.14. The third-order valence-electron chi connectivity index (χ3n) is 5.11. The van der Waals surface area contributed by atoms with Gasteiger partial charge in [0.15, 0.2) is 0 Å². The van der Waals surface area contributed by atoms with Gasteiger partial charge < -0.3 is 10.6 Å². The molecule has 26 heavy (non-hydrogen) atoms. The Balaban J connectivity index is 1.88. The van der Waals surface area contributed by atoms with Crippen molar-refractivity contribution in [2.24, 2.45) is 17.6 Å². The quantitative estimate of drug-likeness (QED) is 0.767. The smallest absolute Gasteiger partial charge is 0.244 e. The number of piperidine rings is 1. The lowest BCUT2D eigenvalue weighted by molar-refractivity contribution is -0.135. The van der Waals surface area contributed by atoms with Crippen LogP contribution in [0.4, 0.5) is 0 Å². The van der Waals surface area contributed by atoms with E-state index in [-0.39, 0.29) is 22.8 Å². The molecule has 2 rings (SSSR count). The fourth-order valence-electron chi connectivity index (χ4n) is 3.09. The van der Waals surface area contributed by atoms with Crippen LogP contribution in [0.1, 0.15) is 33.1 Å². The molecular formula is C18H30N4O3S. The first-order chi connectivity index (χ1) is 12.2. The van der Waals surface area contributed by atoms with Crippen molar-refractivity contribution in [3.05, 3.63) is 24.5 Å². The molecule has 0 saturated carbocycles. The van der Waals surface area contributed by atoms with Crippen molar-refractivity contribution in [1.82, 2.24) is 14.2 Å². The van der Waals surface area contributed by atoms with E-state index in [1.54, 1.807) is 30.3 Å². The maximum absolute atomic E-state index is 12.6. The van der Waals surface area contributed by atoms with Crippen LogP contribution in [0, 0.1) is 11.8 Å². The number of hydrogen-bond acceptors (Lipinski definition) is 5. The van der Waals surface area contributed by atoms with Crippen molar-refractivity contribution in [2.75, 3.05) is 26.7 Å². The van der Waals surface area contributed by atoms with Crippen LogP contribution in [0.5, 0.6) is 0 Å². The van der Waals surface area contributed by atoms with E-state index in [2.05, 4.69) is 18.8 Å². The number of carbonyl (C=O) groups excluding carboxylic acids is 1. The van der Waals surface area contributed by atoms with Crippen molar-refractivity contribution >= 4 is 15.9 Å². The highest BCUT2D eigenvalue weighted by atomic mass is 32.2. The highest BCUT2D eigenvalue weighted by Crippen LogP contribution is 2.24. The van der Waals surface area contributed by atoms with Crippen molar-refractivity contribution in [1.29, 1.82) is 0 Å². The summed E-state index contributed by atoms with van der Waals surface area (Å²) in [5, 5.41) is 0. The molecule has 1 amide bonds. The molecule has 2 heterocycles. The zero-order valence-electron chi connectivity index (χ0n) is 15.8. The molecule has 2 N–H and O–H groups in total. The number of aromatic nitrogens is 1. The molecule has 1 aliphatic heterocycles. The van der Waals surface area contributed by atoms with E-state index in [9.17, 15) is 13.2 Å². The van der Waals surface area contributed by atoms with Gasteiger partial charge in [-0.05, 0) is 37.3 Å². The van der Waals surface area contributed by atoms with Gasteiger partial charge in [0, 0.05) is 51.0 Å². The van der Waals surface area contributed by atoms with Crippen LogP contribution in [0.15, 0.2) is 29.4 Å². The summed E-state index contributed by atoms with van der Waals surface area (Å²) in [5.74, 6) is 0.342. The Labute approximate surface area is 156 Å². The number of sulfonamides is 1. The van der Waals surface area contributed by atoms with Crippen LogP contribution in [-0.4, -0.2) is 61.2 Å². The van der Waals surface area contributed by atoms with E-state index in [0.29, 0.717) is 38.4 Å². The van der Waals surface area contributed by atoms with E-state index in [1.165, 1.54) is 10.5 Å². The number of carbonyl (C=O) groups is 1. The average Bonchev–Trinajstić information content (AvgIpc) is 2.65. The third kappa shape index (κ3) is 5.02. The van der Waals surface area contributed by atoms with Gasteiger partial charge in [-0.3, -0.25) is 9.78 Å². The molecule has 1 aromatic heterocycles. The molecule has 146 valence electrons. The fraction of sp³-hybridized carbons (Fsp3) is 0.667. The summed E-state index contributed by atoms with van der Waals surface area (Å²) in [7, 11) is -1.73. The van der Waals surface area contributed by atoms with Crippen LogP contribution in [0.25, 0.3) is 0 Å². The normalized spacial score (nSPS) is 18.0.